The zero-order valence-electron chi connectivity index (χ0n) is 26.3. The Morgan fingerprint density at radius 1 is 0.975 bits per heavy atom. The summed E-state index contributed by atoms with van der Waals surface area (Å²) in [6, 6.07) is 5.39. The van der Waals surface area contributed by atoms with E-state index in [2.05, 4.69) is 40.7 Å². The normalized spacial score (nSPS) is 35.7. The highest BCUT2D eigenvalue weighted by atomic mass is 16.5. The van der Waals surface area contributed by atoms with Gasteiger partial charge in [-0.25, -0.2) is 4.79 Å². The van der Waals surface area contributed by atoms with E-state index in [1.807, 2.05) is 6.07 Å². The van der Waals surface area contributed by atoms with Crippen molar-refractivity contribution in [1.82, 2.24) is 0 Å². The molecule has 3 saturated carbocycles. The number of hydrogen-bond donors (Lipinski definition) is 0. The number of ether oxygens (including phenoxy) is 3. The van der Waals surface area contributed by atoms with Crippen LogP contribution in [0.15, 0.2) is 29.8 Å². The molecule has 40 heavy (non-hydrogen) atoms. The van der Waals surface area contributed by atoms with E-state index in [9.17, 15) is 4.79 Å². The van der Waals surface area contributed by atoms with Crippen LogP contribution in [0.5, 0.6) is 11.5 Å². The molecule has 0 saturated heterocycles. The molecule has 0 radical (unpaired) electrons. The van der Waals surface area contributed by atoms with Crippen LogP contribution in [0.1, 0.15) is 116 Å². The topological polar surface area (TPSA) is 44.8 Å². The molecule has 0 aromatic heterocycles. The molecule has 0 amide bonds. The molecule has 0 N–H and O–H groups in total. The van der Waals surface area contributed by atoms with E-state index in [1.165, 1.54) is 51.4 Å². The quantitative estimate of drug-likeness (QED) is 0.227. The third kappa shape index (κ3) is 5.22. The molecule has 4 aliphatic carbocycles. The van der Waals surface area contributed by atoms with Crippen LogP contribution >= 0.6 is 0 Å². The van der Waals surface area contributed by atoms with Crippen LogP contribution in [0.2, 0.25) is 0 Å². The molecule has 4 nitrogen and oxygen atoms in total. The molecule has 0 aliphatic heterocycles. The predicted octanol–water partition coefficient (Wildman–Crippen LogP) is 9.27. The van der Waals surface area contributed by atoms with Gasteiger partial charge in [-0.15, -0.1) is 0 Å². The Kier molecular flexibility index (Phi) is 8.65. The van der Waals surface area contributed by atoms with E-state index in [-0.39, 0.29) is 17.5 Å². The Bertz CT molecular complexity index is 1090. The molecule has 5 rings (SSSR count). The lowest BCUT2D eigenvalue weighted by atomic mass is 9.47. The molecule has 222 valence electrons. The number of carbonyl (C=O) groups is 1. The number of esters is 1. The summed E-state index contributed by atoms with van der Waals surface area (Å²) >= 11 is 0. The maximum atomic E-state index is 13.2. The number of fused-ring (bicyclic) bond motifs is 5. The summed E-state index contributed by atoms with van der Waals surface area (Å²) < 4.78 is 17.0. The van der Waals surface area contributed by atoms with Gasteiger partial charge in [-0.2, -0.15) is 0 Å². The minimum atomic E-state index is -0.313. The Balaban J connectivity index is 1.26. The van der Waals surface area contributed by atoms with Crippen molar-refractivity contribution in [3.8, 4) is 11.5 Å². The standard InChI is InChI=1S/C36H54O4/c1-23(2)10-8-11-24(3)29-16-17-30-27-15-14-25-22-26(18-20-35(25,4)31(27)19-21-36(29,30)5)40-34(37)28-12-9-13-32(38-6)33(28)39-7/h9,12-14,23-24,26-27,29-31H,8,10-11,15-22H2,1-7H3/t24-,26+,27+,29-,30+,31+,35+,36-/m1/s1. The van der Waals surface area contributed by atoms with Crippen molar-refractivity contribution >= 4 is 5.97 Å². The van der Waals surface area contributed by atoms with Crippen molar-refractivity contribution in [2.24, 2.45) is 46.3 Å². The van der Waals surface area contributed by atoms with Crippen LogP contribution < -0.4 is 9.47 Å². The van der Waals surface area contributed by atoms with Crippen LogP contribution in [-0.2, 0) is 4.74 Å². The summed E-state index contributed by atoms with van der Waals surface area (Å²) in [5, 5.41) is 0. The molecule has 0 bridgehead atoms. The third-order valence-corrected chi connectivity index (χ3v) is 12.2. The zero-order chi connectivity index (χ0) is 28.7. The highest BCUT2D eigenvalue weighted by Gasteiger charge is 2.59. The molecule has 4 aliphatic rings. The van der Waals surface area contributed by atoms with Gasteiger partial charge in [0.25, 0.3) is 0 Å². The summed E-state index contributed by atoms with van der Waals surface area (Å²) in [6.45, 7) is 12.5. The zero-order valence-corrected chi connectivity index (χ0v) is 26.3. The second-order valence-electron chi connectivity index (χ2n) is 14.6. The van der Waals surface area contributed by atoms with Crippen LogP contribution in [0.3, 0.4) is 0 Å². The van der Waals surface area contributed by atoms with Gasteiger partial charge < -0.3 is 14.2 Å². The van der Waals surface area contributed by atoms with E-state index in [0.717, 1.165) is 54.8 Å². The highest BCUT2D eigenvalue weighted by Crippen LogP contribution is 2.67. The van der Waals surface area contributed by atoms with Gasteiger partial charge in [-0.1, -0.05) is 71.6 Å². The van der Waals surface area contributed by atoms with Crippen LogP contribution in [0.4, 0.5) is 0 Å². The molecule has 0 heterocycles. The summed E-state index contributed by atoms with van der Waals surface area (Å²) in [4.78, 5) is 13.2. The number of rotatable bonds is 9. The predicted molar refractivity (Wildman–Crippen MR) is 162 cm³/mol. The maximum Gasteiger partial charge on any atom is 0.342 e. The van der Waals surface area contributed by atoms with Gasteiger partial charge in [0.2, 0.25) is 0 Å². The average molecular weight is 551 g/mol. The molecule has 8 atom stereocenters. The van der Waals surface area contributed by atoms with Crippen LogP contribution in [0.25, 0.3) is 0 Å². The molecule has 4 heteroatoms. The van der Waals surface area contributed by atoms with E-state index in [4.69, 9.17) is 14.2 Å². The van der Waals surface area contributed by atoms with Crippen molar-refractivity contribution < 1.29 is 19.0 Å². The molecular weight excluding hydrogens is 496 g/mol. The fourth-order valence-corrected chi connectivity index (χ4v) is 10.0. The first-order valence-corrected chi connectivity index (χ1v) is 16.2. The number of methoxy groups -OCH3 is 2. The highest BCUT2D eigenvalue weighted by molar-refractivity contribution is 5.93. The summed E-state index contributed by atoms with van der Waals surface area (Å²) in [7, 11) is 3.16. The molecular formula is C36H54O4. The van der Waals surface area contributed by atoms with Crippen molar-refractivity contribution in [3.05, 3.63) is 35.4 Å². The number of benzene rings is 1. The largest absolute Gasteiger partial charge is 0.493 e. The van der Waals surface area contributed by atoms with Gasteiger partial charge in [0.15, 0.2) is 11.5 Å². The Labute approximate surface area is 243 Å². The fraction of sp³-hybridized carbons (Fsp3) is 0.750. The van der Waals surface area contributed by atoms with Crippen molar-refractivity contribution in [2.45, 2.75) is 111 Å². The second-order valence-corrected chi connectivity index (χ2v) is 14.6. The van der Waals surface area contributed by atoms with Crippen LogP contribution in [0, 0.1) is 46.3 Å². The Morgan fingerprint density at radius 3 is 2.50 bits per heavy atom. The number of para-hydroxylation sites is 1. The van der Waals surface area contributed by atoms with E-state index in [0.29, 0.717) is 22.5 Å². The minimum Gasteiger partial charge on any atom is -0.493 e. The van der Waals surface area contributed by atoms with E-state index < -0.39 is 0 Å². The Morgan fingerprint density at radius 2 is 1.77 bits per heavy atom. The van der Waals surface area contributed by atoms with E-state index >= 15 is 0 Å². The molecule has 0 spiro atoms. The van der Waals surface area contributed by atoms with Crippen molar-refractivity contribution in [3.63, 3.8) is 0 Å². The fourth-order valence-electron chi connectivity index (χ4n) is 10.0. The van der Waals surface area contributed by atoms with Gasteiger partial charge >= 0.3 is 5.97 Å². The first-order chi connectivity index (χ1) is 19.1. The summed E-state index contributed by atoms with van der Waals surface area (Å²) in [6.07, 6.45) is 16.4. The minimum absolute atomic E-state index is 0.0734. The first-order valence-electron chi connectivity index (χ1n) is 16.2. The lowest BCUT2D eigenvalue weighted by Crippen LogP contribution is -2.51. The van der Waals surface area contributed by atoms with Gasteiger partial charge in [0.05, 0.1) is 14.2 Å². The Hall–Kier alpha value is -1.97. The second kappa shape index (κ2) is 11.7. The number of hydrogen-bond acceptors (Lipinski definition) is 4. The number of carbonyl (C=O) groups excluding carboxylic acids is 1. The third-order valence-electron chi connectivity index (χ3n) is 12.2. The number of allylic oxidation sites excluding steroid dienone is 1. The summed E-state index contributed by atoms with van der Waals surface area (Å²) in [5.74, 6) is 5.72. The SMILES string of the molecule is COc1cccc(C(=O)O[C@H]2CC[C@@]3(C)C(=CC[C@H]4[C@@H]5CC[C@H]([C@H](C)CCCC(C)C)[C@@]5(C)CC[C@@H]43)C2)c1OC. The van der Waals surface area contributed by atoms with E-state index in [1.54, 1.807) is 31.9 Å². The monoisotopic (exact) mass is 550 g/mol. The maximum absolute atomic E-state index is 13.2. The average Bonchev–Trinajstić information content (AvgIpc) is 3.29. The summed E-state index contributed by atoms with van der Waals surface area (Å²) in [5.41, 5.74) is 2.76. The molecule has 3 fully saturated rings. The molecule has 1 aromatic carbocycles. The van der Waals surface area contributed by atoms with Crippen molar-refractivity contribution in [1.29, 1.82) is 0 Å². The lowest BCUT2D eigenvalue weighted by Gasteiger charge is -2.58. The smallest absolute Gasteiger partial charge is 0.342 e. The van der Waals surface area contributed by atoms with Crippen LogP contribution in [-0.4, -0.2) is 26.3 Å². The molecule has 1 aromatic rings. The van der Waals surface area contributed by atoms with Gasteiger partial charge in [0, 0.05) is 6.42 Å². The van der Waals surface area contributed by atoms with Gasteiger partial charge in [-0.3, -0.25) is 0 Å². The van der Waals surface area contributed by atoms with Gasteiger partial charge in [-0.05, 0) is 103 Å². The first kappa shape index (κ1) is 29.5. The van der Waals surface area contributed by atoms with Gasteiger partial charge in [0.1, 0.15) is 11.7 Å². The van der Waals surface area contributed by atoms with Crippen molar-refractivity contribution in [2.75, 3.05) is 14.2 Å². The molecule has 0 unspecified atom stereocenters. The lowest BCUT2D eigenvalue weighted by molar-refractivity contribution is -0.0594.